The molecule has 6 aliphatic carbocycles. The van der Waals surface area contributed by atoms with Gasteiger partial charge in [0.2, 0.25) is 0 Å². The van der Waals surface area contributed by atoms with Gasteiger partial charge in [-0.3, -0.25) is 4.79 Å². The fraction of sp³-hybridized carbons (Fsp3) is 0.553. The van der Waals surface area contributed by atoms with Crippen molar-refractivity contribution in [3.05, 3.63) is 76.5 Å². The Morgan fingerprint density at radius 1 is 1.00 bits per heavy atom. The molecule has 6 aliphatic rings. The molecule has 2 bridgehead atoms. The molecule has 0 amide bonds. The number of allylic oxidation sites excluding steroid dienone is 4. The van der Waals surface area contributed by atoms with E-state index in [-0.39, 0.29) is 29.6 Å². The Bertz CT molecular complexity index is 1880. The Labute approximate surface area is 286 Å². The SMILES string of the molecule is CCCN(CC1(O)CCC2C34C=CC5(C=C3C(=O)c3cc6ccccc6s3)CC(O)CCC5(C)C4CCC21C)S(=O)(=O)c1cccs1. The molecule has 250 valence electrons. The zero-order valence-electron chi connectivity index (χ0n) is 27.4. The number of aliphatic hydroxyl groups is 2. The number of carbonyl (C=O) groups excluding carboxylic acids is 1. The lowest BCUT2D eigenvalue weighted by molar-refractivity contribution is -0.173. The Morgan fingerprint density at radius 2 is 1.74 bits per heavy atom. The third kappa shape index (κ3) is 4.23. The fourth-order valence-corrected chi connectivity index (χ4v) is 14.9. The van der Waals surface area contributed by atoms with E-state index < -0.39 is 38.0 Å². The van der Waals surface area contributed by atoms with Gasteiger partial charge in [-0.25, -0.2) is 8.42 Å². The van der Waals surface area contributed by atoms with Gasteiger partial charge < -0.3 is 10.2 Å². The number of rotatable bonds is 8. The number of Topliss-reactive ketones (excluding diaryl/α,β-unsaturated/α-hetero) is 1. The van der Waals surface area contributed by atoms with Gasteiger partial charge in [0, 0.05) is 39.6 Å². The van der Waals surface area contributed by atoms with Gasteiger partial charge >= 0.3 is 0 Å². The van der Waals surface area contributed by atoms with Crippen LogP contribution in [-0.2, 0) is 10.0 Å². The number of aliphatic hydroxyl groups excluding tert-OH is 1. The van der Waals surface area contributed by atoms with Crippen LogP contribution in [0.5, 0.6) is 0 Å². The Kier molecular flexibility index (Phi) is 7.29. The zero-order chi connectivity index (χ0) is 33.0. The van der Waals surface area contributed by atoms with Gasteiger partial charge in [-0.1, -0.05) is 63.3 Å². The standard InChI is InChI=1S/C38H45NO5S3/c1-4-19-39(47(43,44)32-10-7-20-45-32)24-37(42)16-13-31-35(37,3)15-12-30-34(2)14-11-26(40)22-36(34)17-18-38(30,31)27(23-36)33(41)29-21-25-8-5-6-9-28(25)46-29/h5-10,17-18,20-21,23,26,30-31,40,42H,4,11-16,19,22,24H2,1-3H3. The number of sulfonamides is 1. The summed E-state index contributed by atoms with van der Waals surface area (Å²) in [4.78, 5) is 15.7. The van der Waals surface area contributed by atoms with Crippen LogP contribution in [0.3, 0.4) is 0 Å². The first kappa shape index (κ1) is 32.1. The molecule has 9 rings (SSSR count). The lowest BCUT2D eigenvalue weighted by Gasteiger charge is -2.71. The molecule has 9 heteroatoms. The van der Waals surface area contributed by atoms with Crippen molar-refractivity contribution in [2.24, 2.45) is 33.5 Å². The van der Waals surface area contributed by atoms with Crippen LogP contribution in [0, 0.1) is 33.5 Å². The van der Waals surface area contributed by atoms with Gasteiger partial charge in [0.1, 0.15) is 4.21 Å². The molecule has 0 radical (unpaired) electrons. The zero-order valence-corrected chi connectivity index (χ0v) is 29.9. The summed E-state index contributed by atoms with van der Waals surface area (Å²) >= 11 is 2.76. The highest BCUT2D eigenvalue weighted by Gasteiger charge is 2.74. The maximum Gasteiger partial charge on any atom is 0.252 e. The molecule has 8 unspecified atom stereocenters. The summed E-state index contributed by atoms with van der Waals surface area (Å²) in [5, 5.41) is 26.7. The number of carbonyl (C=O) groups is 1. The van der Waals surface area contributed by atoms with Crippen molar-refractivity contribution < 1.29 is 23.4 Å². The molecule has 3 saturated carbocycles. The smallest absolute Gasteiger partial charge is 0.252 e. The summed E-state index contributed by atoms with van der Waals surface area (Å²) in [7, 11) is -3.76. The molecule has 3 aromatic rings. The summed E-state index contributed by atoms with van der Waals surface area (Å²) < 4.78 is 30.7. The number of thiophene rings is 2. The van der Waals surface area contributed by atoms with Gasteiger partial charge in [-0.2, -0.15) is 4.31 Å². The first-order valence-electron chi connectivity index (χ1n) is 17.2. The minimum atomic E-state index is -3.76. The van der Waals surface area contributed by atoms with Crippen LogP contribution in [0.1, 0.15) is 81.8 Å². The van der Waals surface area contributed by atoms with Gasteiger partial charge in [0.05, 0.1) is 16.6 Å². The number of fused-ring (bicyclic) bond motifs is 2. The molecule has 8 atom stereocenters. The van der Waals surface area contributed by atoms with E-state index in [1.807, 2.05) is 25.1 Å². The molecule has 0 aliphatic heterocycles. The molecular formula is C38H45NO5S3. The Morgan fingerprint density at radius 3 is 2.49 bits per heavy atom. The van der Waals surface area contributed by atoms with E-state index >= 15 is 0 Å². The predicted molar refractivity (Wildman–Crippen MR) is 188 cm³/mol. The number of ketones is 1. The molecule has 0 saturated heterocycles. The second kappa shape index (κ2) is 10.7. The highest BCUT2D eigenvalue weighted by molar-refractivity contribution is 7.91. The van der Waals surface area contributed by atoms with E-state index in [0.29, 0.717) is 30.0 Å². The fourth-order valence-electron chi connectivity index (χ4n) is 11.2. The minimum Gasteiger partial charge on any atom is -0.393 e. The molecule has 2 spiro atoms. The highest BCUT2D eigenvalue weighted by Crippen LogP contribution is 2.78. The molecule has 3 fully saturated rings. The normalized spacial score (nSPS) is 39.1. The molecule has 2 heterocycles. The predicted octanol–water partition coefficient (Wildman–Crippen LogP) is 7.84. The van der Waals surface area contributed by atoms with Crippen molar-refractivity contribution in [3.8, 4) is 0 Å². The largest absolute Gasteiger partial charge is 0.393 e. The van der Waals surface area contributed by atoms with E-state index in [4.69, 9.17) is 0 Å². The maximum atomic E-state index is 14.9. The third-order valence-electron chi connectivity index (χ3n) is 13.6. The van der Waals surface area contributed by atoms with Gasteiger partial charge in [0.15, 0.2) is 5.78 Å². The summed E-state index contributed by atoms with van der Waals surface area (Å²) in [5.74, 6) is 0.219. The first-order valence-corrected chi connectivity index (χ1v) is 20.4. The van der Waals surface area contributed by atoms with Crippen LogP contribution < -0.4 is 0 Å². The number of hydrogen-bond acceptors (Lipinski definition) is 7. The van der Waals surface area contributed by atoms with Crippen LogP contribution in [0.15, 0.2) is 75.9 Å². The summed E-state index contributed by atoms with van der Waals surface area (Å²) in [6.45, 7) is 6.93. The number of benzene rings is 1. The molecule has 6 nitrogen and oxygen atoms in total. The molecule has 2 aromatic heterocycles. The average Bonchev–Trinajstić information content (AvgIpc) is 3.79. The van der Waals surface area contributed by atoms with Crippen LogP contribution in [0.4, 0.5) is 0 Å². The second-order valence-electron chi connectivity index (χ2n) is 15.6. The topological polar surface area (TPSA) is 94.9 Å². The monoisotopic (exact) mass is 691 g/mol. The summed E-state index contributed by atoms with van der Waals surface area (Å²) in [6, 6.07) is 13.6. The van der Waals surface area contributed by atoms with Gasteiger partial charge in [-0.15, -0.1) is 22.7 Å². The van der Waals surface area contributed by atoms with Crippen molar-refractivity contribution in [1.29, 1.82) is 0 Å². The van der Waals surface area contributed by atoms with E-state index in [0.717, 1.165) is 52.6 Å². The Hall–Kier alpha value is -2.14. The van der Waals surface area contributed by atoms with Crippen molar-refractivity contribution in [1.82, 2.24) is 4.31 Å². The van der Waals surface area contributed by atoms with E-state index in [1.54, 1.807) is 28.8 Å². The highest BCUT2D eigenvalue weighted by atomic mass is 32.2. The van der Waals surface area contributed by atoms with E-state index in [1.165, 1.54) is 15.6 Å². The Balaban J connectivity index is 1.25. The number of hydrogen-bond donors (Lipinski definition) is 2. The lowest BCUT2D eigenvalue weighted by Crippen LogP contribution is -2.67. The van der Waals surface area contributed by atoms with Crippen molar-refractivity contribution in [3.63, 3.8) is 0 Å². The second-order valence-corrected chi connectivity index (χ2v) is 19.8. The maximum absolute atomic E-state index is 14.9. The lowest BCUT2D eigenvalue weighted by atomic mass is 9.32. The third-order valence-corrected chi connectivity index (χ3v) is 17.9. The van der Waals surface area contributed by atoms with Crippen molar-refractivity contribution in [2.75, 3.05) is 13.1 Å². The molecule has 1 aromatic carbocycles. The number of nitrogens with zero attached hydrogens (tertiary/aromatic N) is 1. The average molecular weight is 692 g/mol. The van der Waals surface area contributed by atoms with Gasteiger partial charge in [0.25, 0.3) is 10.0 Å². The van der Waals surface area contributed by atoms with E-state index in [9.17, 15) is 23.4 Å². The molecule has 2 N–H and O–H groups in total. The van der Waals surface area contributed by atoms with E-state index in [2.05, 4.69) is 44.2 Å². The van der Waals surface area contributed by atoms with Crippen LogP contribution in [0.2, 0.25) is 0 Å². The minimum absolute atomic E-state index is 0.0329. The molecular weight excluding hydrogens is 647 g/mol. The van der Waals surface area contributed by atoms with Crippen LogP contribution in [0.25, 0.3) is 10.1 Å². The van der Waals surface area contributed by atoms with Crippen LogP contribution >= 0.6 is 22.7 Å². The molecule has 47 heavy (non-hydrogen) atoms. The summed E-state index contributed by atoms with van der Waals surface area (Å²) in [6.07, 6.45) is 12.2. The summed E-state index contributed by atoms with van der Waals surface area (Å²) in [5.41, 5.74) is -2.11. The first-order chi connectivity index (χ1) is 22.3. The quantitative estimate of drug-likeness (QED) is 0.186. The van der Waals surface area contributed by atoms with Gasteiger partial charge in [-0.05, 0) is 97.6 Å². The van der Waals surface area contributed by atoms with Crippen molar-refractivity contribution in [2.45, 2.75) is 88.1 Å². The van der Waals surface area contributed by atoms with Crippen LogP contribution in [-0.4, -0.2) is 53.5 Å². The van der Waals surface area contributed by atoms with Crippen molar-refractivity contribution >= 4 is 48.6 Å².